The van der Waals surface area contributed by atoms with Crippen LogP contribution in [0.1, 0.15) is 40.2 Å². The van der Waals surface area contributed by atoms with Gasteiger partial charge in [0.1, 0.15) is 5.82 Å². The highest BCUT2D eigenvalue weighted by atomic mass is 32.1. The summed E-state index contributed by atoms with van der Waals surface area (Å²) in [6.07, 6.45) is 3.12. The van der Waals surface area contributed by atoms with Gasteiger partial charge in [-0.15, -0.1) is 12.6 Å². The Morgan fingerprint density at radius 2 is 1.85 bits per heavy atom. The lowest BCUT2D eigenvalue weighted by molar-refractivity contribution is 0.0713. The quantitative estimate of drug-likeness (QED) is 0.469. The Hall–Kier alpha value is -3.13. The summed E-state index contributed by atoms with van der Waals surface area (Å²) in [4.78, 5) is 19.5. The van der Waals surface area contributed by atoms with Crippen LogP contribution in [-0.2, 0) is 0 Å². The molecular formula is C25H25F2N3O2S. The van der Waals surface area contributed by atoms with Crippen molar-refractivity contribution in [3.05, 3.63) is 77.0 Å². The van der Waals surface area contributed by atoms with Crippen molar-refractivity contribution in [3.8, 4) is 5.75 Å². The third-order valence-electron chi connectivity index (χ3n) is 6.07. The number of halogens is 2. The maximum atomic E-state index is 13.8. The Bertz CT molecular complexity index is 1160. The van der Waals surface area contributed by atoms with Crippen molar-refractivity contribution in [2.75, 3.05) is 25.5 Å². The molecule has 0 radical (unpaired) electrons. The van der Waals surface area contributed by atoms with Gasteiger partial charge in [-0.1, -0.05) is 12.1 Å². The van der Waals surface area contributed by atoms with Gasteiger partial charge in [0.2, 0.25) is 0 Å². The standard InChI is InChI=1S/C25H25F2N3O2S/c1-15-23(29-19-7-8-21(27)22(13-19)32-2)20(14-28-24(15)33)25(31)30-11-9-17(10-12-30)16-3-5-18(26)6-4-16/h3-8,13-14,17H,9-12H2,1-2H3,(H2,28,29,33). The Morgan fingerprint density at radius 1 is 1.15 bits per heavy atom. The van der Waals surface area contributed by atoms with Gasteiger partial charge in [0.25, 0.3) is 5.91 Å². The lowest BCUT2D eigenvalue weighted by Crippen LogP contribution is -2.38. The lowest BCUT2D eigenvalue weighted by Gasteiger charge is -2.33. The molecule has 2 aromatic carbocycles. The van der Waals surface area contributed by atoms with E-state index in [0.717, 1.165) is 18.4 Å². The number of nitrogens with zero attached hydrogens (tertiary/aromatic N) is 2. The minimum absolute atomic E-state index is 0.105. The molecule has 1 saturated heterocycles. The number of amides is 1. The molecule has 0 unspecified atom stereocenters. The van der Waals surface area contributed by atoms with E-state index in [2.05, 4.69) is 22.9 Å². The number of anilines is 2. The van der Waals surface area contributed by atoms with Crippen molar-refractivity contribution in [1.29, 1.82) is 0 Å². The summed E-state index contributed by atoms with van der Waals surface area (Å²) in [5.41, 5.74) is 3.39. The number of nitrogens with one attached hydrogen (secondary N) is 1. The van der Waals surface area contributed by atoms with E-state index in [1.165, 1.54) is 37.6 Å². The van der Waals surface area contributed by atoms with Crippen molar-refractivity contribution in [3.63, 3.8) is 0 Å². The highest BCUT2D eigenvalue weighted by molar-refractivity contribution is 7.80. The average Bonchev–Trinajstić information content (AvgIpc) is 2.83. The number of rotatable bonds is 5. The zero-order valence-electron chi connectivity index (χ0n) is 18.4. The molecule has 2 heterocycles. The van der Waals surface area contributed by atoms with E-state index < -0.39 is 5.82 Å². The molecular weight excluding hydrogens is 444 g/mol. The van der Waals surface area contributed by atoms with E-state index in [9.17, 15) is 13.6 Å². The van der Waals surface area contributed by atoms with Crippen LogP contribution >= 0.6 is 12.6 Å². The first-order valence-electron chi connectivity index (χ1n) is 10.7. The van der Waals surface area contributed by atoms with Gasteiger partial charge in [0, 0.05) is 36.6 Å². The second-order valence-corrected chi connectivity index (χ2v) is 8.51. The largest absolute Gasteiger partial charge is 0.494 e. The second-order valence-electron chi connectivity index (χ2n) is 8.09. The number of piperidine rings is 1. The van der Waals surface area contributed by atoms with Crippen LogP contribution in [0.2, 0.25) is 0 Å². The highest BCUT2D eigenvalue weighted by Gasteiger charge is 2.27. The Balaban J connectivity index is 1.54. The van der Waals surface area contributed by atoms with Gasteiger partial charge >= 0.3 is 0 Å². The summed E-state index contributed by atoms with van der Waals surface area (Å²) in [5.74, 6) is -0.453. The average molecular weight is 470 g/mol. The molecule has 172 valence electrons. The predicted octanol–water partition coefficient (Wildman–Crippen LogP) is 5.73. The topological polar surface area (TPSA) is 54.5 Å². The van der Waals surface area contributed by atoms with E-state index in [1.807, 2.05) is 24.0 Å². The fourth-order valence-corrected chi connectivity index (χ4v) is 4.30. The minimum Gasteiger partial charge on any atom is -0.494 e. The number of benzene rings is 2. The first-order chi connectivity index (χ1) is 15.9. The first-order valence-corrected chi connectivity index (χ1v) is 11.2. The van der Waals surface area contributed by atoms with E-state index in [1.54, 1.807) is 6.07 Å². The maximum Gasteiger partial charge on any atom is 0.257 e. The van der Waals surface area contributed by atoms with E-state index in [0.29, 0.717) is 46.5 Å². The summed E-state index contributed by atoms with van der Waals surface area (Å²) in [5, 5.41) is 3.72. The third kappa shape index (κ3) is 4.95. The van der Waals surface area contributed by atoms with Crippen LogP contribution in [0.3, 0.4) is 0 Å². The molecule has 33 heavy (non-hydrogen) atoms. The summed E-state index contributed by atoms with van der Waals surface area (Å²) in [6.45, 7) is 3.01. The van der Waals surface area contributed by atoms with Crippen LogP contribution < -0.4 is 10.1 Å². The predicted molar refractivity (Wildman–Crippen MR) is 127 cm³/mol. The molecule has 1 aromatic heterocycles. The number of aromatic nitrogens is 1. The molecule has 1 N–H and O–H groups in total. The molecule has 1 aliphatic rings. The SMILES string of the molecule is COc1cc(Nc2c(C(=O)N3CCC(c4ccc(F)cc4)CC3)cnc(S)c2C)ccc1F. The zero-order chi connectivity index (χ0) is 23.5. The minimum atomic E-state index is -0.468. The van der Waals surface area contributed by atoms with Crippen molar-refractivity contribution in [2.24, 2.45) is 0 Å². The van der Waals surface area contributed by atoms with Gasteiger partial charge < -0.3 is 15.0 Å². The van der Waals surface area contributed by atoms with Crippen molar-refractivity contribution in [1.82, 2.24) is 9.88 Å². The van der Waals surface area contributed by atoms with Gasteiger partial charge in [0.05, 0.1) is 23.4 Å². The number of likely N-dealkylation sites (tertiary alicyclic amines) is 1. The smallest absolute Gasteiger partial charge is 0.257 e. The normalized spacial score (nSPS) is 14.3. The fraction of sp³-hybridized carbons (Fsp3) is 0.280. The molecule has 3 aromatic rings. The number of methoxy groups -OCH3 is 1. The molecule has 8 heteroatoms. The van der Waals surface area contributed by atoms with Crippen LogP contribution in [0.5, 0.6) is 5.75 Å². The van der Waals surface area contributed by atoms with Crippen molar-refractivity contribution in [2.45, 2.75) is 30.7 Å². The van der Waals surface area contributed by atoms with Crippen LogP contribution in [0, 0.1) is 18.6 Å². The van der Waals surface area contributed by atoms with E-state index in [-0.39, 0.29) is 17.5 Å². The van der Waals surface area contributed by atoms with E-state index >= 15 is 0 Å². The molecule has 4 rings (SSSR count). The van der Waals surface area contributed by atoms with E-state index in [4.69, 9.17) is 4.74 Å². The second kappa shape index (κ2) is 9.79. The molecule has 5 nitrogen and oxygen atoms in total. The summed E-state index contributed by atoms with van der Waals surface area (Å²) in [7, 11) is 1.40. The summed E-state index contributed by atoms with van der Waals surface area (Å²) >= 11 is 4.40. The summed E-state index contributed by atoms with van der Waals surface area (Å²) < 4.78 is 32.1. The zero-order valence-corrected chi connectivity index (χ0v) is 19.3. The Kier molecular flexibility index (Phi) is 6.83. The van der Waals surface area contributed by atoms with Gasteiger partial charge in [-0.05, 0) is 55.5 Å². The van der Waals surface area contributed by atoms with Crippen LogP contribution in [0.4, 0.5) is 20.2 Å². The Labute approximate surface area is 197 Å². The van der Waals surface area contributed by atoms with Crippen LogP contribution in [0.25, 0.3) is 0 Å². The molecule has 1 amide bonds. The lowest BCUT2D eigenvalue weighted by atomic mass is 9.89. The number of thiol groups is 1. The third-order valence-corrected chi connectivity index (χ3v) is 6.52. The number of carbonyl (C=O) groups excluding carboxylic acids is 1. The maximum absolute atomic E-state index is 13.8. The Morgan fingerprint density at radius 3 is 2.52 bits per heavy atom. The van der Waals surface area contributed by atoms with Crippen LogP contribution in [-0.4, -0.2) is 36.0 Å². The first kappa shape index (κ1) is 23.0. The number of pyridine rings is 1. The molecule has 0 aliphatic carbocycles. The highest BCUT2D eigenvalue weighted by Crippen LogP contribution is 2.33. The number of hydrogen-bond donors (Lipinski definition) is 2. The molecule has 1 fully saturated rings. The molecule has 1 aliphatic heterocycles. The van der Waals surface area contributed by atoms with Crippen molar-refractivity contribution >= 4 is 29.9 Å². The van der Waals surface area contributed by atoms with Crippen molar-refractivity contribution < 1.29 is 18.3 Å². The molecule has 0 bridgehead atoms. The number of ether oxygens (including phenoxy) is 1. The molecule has 0 spiro atoms. The fourth-order valence-electron chi connectivity index (χ4n) is 4.13. The number of carbonyl (C=O) groups is 1. The molecule has 0 atom stereocenters. The van der Waals surface area contributed by atoms with Gasteiger partial charge in [-0.2, -0.15) is 0 Å². The molecule has 0 saturated carbocycles. The van der Waals surface area contributed by atoms with Gasteiger partial charge in [-0.25, -0.2) is 13.8 Å². The number of hydrogen-bond acceptors (Lipinski definition) is 5. The summed E-state index contributed by atoms with van der Waals surface area (Å²) in [6, 6.07) is 11.0. The monoisotopic (exact) mass is 469 g/mol. The van der Waals surface area contributed by atoms with Crippen LogP contribution in [0.15, 0.2) is 53.7 Å². The van der Waals surface area contributed by atoms with Gasteiger partial charge in [-0.3, -0.25) is 4.79 Å². The van der Waals surface area contributed by atoms with Gasteiger partial charge in [0.15, 0.2) is 11.6 Å².